The Kier molecular flexibility index (Phi) is 9.00. The molecule has 1 aliphatic carbocycles. The second kappa shape index (κ2) is 11.5. The quantitative estimate of drug-likeness (QED) is 0.529. The molecule has 3 rings (SSSR count). The van der Waals surface area contributed by atoms with Crippen LogP contribution >= 0.6 is 0 Å². The molecule has 0 bridgehead atoms. The second-order valence-electron chi connectivity index (χ2n) is 10.7. The topological polar surface area (TPSA) is 59.8 Å². The SMILES string of the molecule is CN(CCN(C)C(=O)OC(C)(C)C)Cc1cn(C2CCCCO2)nc1C1CCCCCC1. The van der Waals surface area contributed by atoms with Crippen LogP contribution < -0.4 is 0 Å². The number of hydrogen-bond acceptors (Lipinski definition) is 5. The lowest BCUT2D eigenvalue weighted by atomic mass is 9.94. The summed E-state index contributed by atoms with van der Waals surface area (Å²) < 4.78 is 13.6. The highest BCUT2D eigenvalue weighted by atomic mass is 16.6. The van der Waals surface area contributed by atoms with Crippen molar-refractivity contribution < 1.29 is 14.3 Å². The smallest absolute Gasteiger partial charge is 0.410 e. The summed E-state index contributed by atoms with van der Waals surface area (Å²) in [5.74, 6) is 0.551. The van der Waals surface area contributed by atoms with Gasteiger partial charge in [0.05, 0.1) is 5.69 Å². The fourth-order valence-electron chi connectivity index (χ4n) is 4.66. The maximum atomic E-state index is 12.3. The van der Waals surface area contributed by atoms with E-state index in [1.165, 1.54) is 56.2 Å². The van der Waals surface area contributed by atoms with Gasteiger partial charge in [-0.2, -0.15) is 5.10 Å². The molecule has 2 fully saturated rings. The number of nitrogens with zero attached hydrogens (tertiary/aromatic N) is 4. The summed E-state index contributed by atoms with van der Waals surface area (Å²) in [5, 5.41) is 5.10. The van der Waals surface area contributed by atoms with E-state index in [2.05, 4.69) is 22.8 Å². The summed E-state index contributed by atoms with van der Waals surface area (Å²) in [5.41, 5.74) is 2.11. The van der Waals surface area contributed by atoms with Gasteiger partial charge >= 0.3 is 6.09 Å². The summed E-state index contributed by atoms with van der Waals surface area (Å²) in [6.07, 6.45) is 13.2. The zero-order valence-corrected chi connectivity index (χ0v) is 20.9. The number of aromatic nitrogens is 2. The van der Waals surface area contributed by atoms with E-state index in [1.54, 1.807) is 11.9 Å². The van der Waals surface area contributed by atoms with E-state index < -0.39 is 5.60 Å². The number of rotatable bonds is 7. The van der Waals surface area contributed by atoms with Gasteiger partial charge < -0.3 is 19.3 Å². The van der Waals surface area contributed by atoms with Crippen LogP contribution in [0.3, 0.4) is 0 Å². The predicted octanol–water partition coefficient (Wildman–Crippen LogP) is 5.32. The van der Waals surface area contributed by atoms with Gasteiger partial charge in [-0.25, -0.2) is 9.48 Å². The lowest BCUT2D eigenvalue weighted by Crippen LogP contribution is -2.38. The molecule has 182 valence electrons. The highest BCUT2D eigenvalue weighted by Gasteiger charge is 2.25. The van der Waals surface area contributed by atoms with Crippen molar-refractivity contribution in [2.24, 2.45) is 0 Å². The molecule has 0 aromatic carbocycles. The highest BCUT2D eigenvalue weighted by Crippen LogP contribution is 2.34. The van der Waals surface area contributed by atoms with E-state index in [9.17, 15) is 4.79 Å². The predicted molar refractivity (Wildman–Crippen MR) is 127 cm³/mol. The van der Waals surface area contributed by atoms with Crippen molar-refractivity contribution in [3.8, 4) is 0 Å². The molecule has 1 saturated heterocycles. The number of amides is 1. The molecule has 7 nitrogen and oxygen atoms in total. The van der Waals surface area contributed by atoms with Crippen LogP contribution in [-0.4, -0.2) is 65.1 Å². The van der Waals surface area contributed by atoms with Crippen molar-refractivity contribution in [3.05, 3.63) is 17.5 Å². The first-order chi connectivity index (χ1) is 15.2. The van der Waals surface area contributed by atoms with Crippen molar-refractivity contribution in [1.82, 2.24) is 19.6 Å². The molecule has 0 radical (unpaired) electrons. The zero-order valence-electron chi connectivity index (χ0n) is 20.9. The first kappa shape index (κ1) is 25.0. The van der Waals surface area contributed by atoms with E-state index in [4.69, 9.17) is 14.6 Å². The van der Waals surface area contributed by atoms with Crippen molar-refractivity contribution in [2.75, 3.05) is 33.8 Å². The summed E-state index contributed by atoms with van der Waals surface area (Å²) >= 11 is 0. The van der Waals surface area contributed by atoms with Gasteiger partial charge in [0.1, 0.15) is 11.8 Å². The van der Waals surface area contributed by atoms with Crippen LogP contribution in [0.25, 0.3) is 0 Å². The third-order valence-electron chi connectivity index (χ3n) is 6.50. The Balaban J connectivity index is 1.65. The first-order valence-corrected chi connectivity index (χ1v) is 12.5. The van der Waals surface area contributed by atoms with Crippen LogP contribution in [0.1, 0.15) is 102 Å². The Labute approximate surface area is 194 Å². The van der Waals surface area contributed by atoms with E-state index >= 15 is 0 Å². The van der Waals surface area contributed by atoms with Gasteiger partial charge in [0.25, 0.3) is 0 Å². The van der Waals surface area contributed by atoms with Gasteiger partial charge in [-0.05, 0) is 59.9 Å². The van der Waals surface area contributed by atoms with Crippen molar-refractivity contribution in [1.29, 1.82) is 0 Å². The molecule has 0 N–H and O–H groups in total. The Morgan fingerprint density at radius 3 is 2.41 bits per heavy atom. The van der Waals surface area contributed by atoms with E-state index in [0.29, 0.717) is 12.5 Å². The largest absolute Gasteiger partial charge is 0.444 e. The van der Waals surface area contributed by atoms with Gasteiger partial charge in [0, 0.05) is 51.0 Å². The minimum Gasteiger partial charge on any atom is -0.444 e. The second-order valence-corrected chi connectivity index (χ2v) is 10.7. The lowest BCUT2D eigenvalue weighted by Gasteiger charge is -2.26. The van der Waals surface area contributed by atoms with E-state index in [0.717, 1.165) is 32.5 Å². The average molecular weight is 449 g/mol. The van der Waals surface area contributed by atoms with Crippen LogP contribution in [-0.2, 0) is 16.0 Å². The fourth-order valence-corrected chi connectivity index (χ4v) is 4.66. The molecule has 2 heterocycles. The molecule has 1 saturated carbocycles. The molecule has 1 unspecified atom stereocenters. The summed E-state index contributed by atoms with van der Waals surface area (Å²) in [7, 11) is 3.92. The molecule has 2 aliphatic rings. The molecule has 0 spiro atoms. The molecule has 1 aromatic heterocycles. The van der Waals surface area contributed by atoms with E-state index in [1.807, 2.05) is 20.8 Å². The van der Waals surface area contributed by atoms with E-state index in [-0.39, 0.29) is 12.3 Å². The minimum atomic E-state index is -0.472. The number of carbonyl (C=O) groups is 1. The summed E-state index contributed by atoms with van der Waals surface area (Å²) in [4.78, 5) is 16.2. The van der Waals surface area contributed by atoms with Gasteiger partial charge in [0.15, 0.2) is 0 Å². The third kappa shape index (κ3) is 7.48. The first-order valence-electron chi connectivity index (χ1n) is 12.5. The number of carbonyl (C=O) groups excluding carboxylic acids is 1. The van der Waals surface area contributed by atoms with Gasteiger partial charge in [-0.15, -0.1) is 0 Å². The number of hydrogen-bond donors (Lipinski definition) is 0. The molecule has 1 amide bonds. The van der Waals surface area contributed by atoms with Crippen LogP contribution in [0.2, 0.25) is 0 Å². The zero-order chi connectivity index (χ0) is 23.1. The minimum absolute atomic E-state index is 0.0747. The number of likely N-dealkylation sites (N-methyl/N-ethyl adjacent to an activating group) is 2. The maximum absolute atomic E-state index is 12.3. The molecule has 1 aliphatic heterocycles. The van der Waals surface area contributed by atoms with Gasteiger partial charge in [-0.3, -0.25) is 0 Å². The average Bonchev–Trinajstić information content (AvgIpc) is 2.96. The molecule has 1 atom stereocenters. The van der Waals surface area contributed by atoms with Crippen LogP contribution in [0.4, 0.5) is 4.79 Å². The maximum Gasteiger partial charge on any atom is 0.410 e. The molecule has 1 aromatic rings. The van der Waals surface area contributed by atoms with Crippen LogP contribution in [0, 0.1) is 0 Å². The van der Waals surface area contributed by atoms with Crippen molar-refractivity contribution in [3.63, 3.8) is 0 Å². The Morgan fingerprint density at radius 1 is 1.09 bits per heavy atom. The molecule has 32 heavy (non-hydrogen) atoms. The molecule has 7 heteroatoms. The van der Waals surface area contributed by atoms with Crippen molar-refractivity contribution in [2.45, 2.75) is 103 Å². The Hall–Kier alpha value is -1.60. The van der Waals surface area contributed by atoms with Crippen molar-refractivity contribution >= 4 is 6.09 Å². The summed E-state index contributed by atoms with van der Waals surface area (Å²) in [6.45, 7) is 8.76. The monoisotopic (exact) mass is 448 g/mol. The molecular formula is C25H44N4O3. The Bertz CT molecular complexity index is 713. The number of ether oxygens (including phenoxy) is 2. The van der Waals surface area contributed by atoms with Crippen LogP contribution in [0.15, 0.2) is 6.20 Å². The fraction of sp³-hybridized carbons (Fsp3) is 0.840. The molecular weight excluding hydrogens is 404 g/mol. The summed E-state index contributed by atoms with van der Waals surface area (Å²) in [6, 6.07) is 0. The Morgan fingerprint density at radius 2 is 1.78 bits per heavy atom. The lowest BCUT2D eigenvalue weighted by molar-refractivity contribution is -0.0398. The van der Waals surface area contributed by atoms with Gasteiger partial charge in [-0.1, -0.05) is 25.7 Å². The highest BCUT2D eigenvalue weighted by molar-refractivity contribution is 5.67. The van der Waals surface area contributed by atoms with Gasteiger partial charge in [0.2, 0.25) is 0 Å². The normalized spacial score (nSPS) is 20.9. The standard InChI is InChI=1S/C25H44N4O3/c1-25(2,3)32-24(30)28(5)16-15-27(4)18-21-19-29(22-14-10-11-17-31-22)26-23(21)20-12-8-6-7-9-13-20/h19-20,22H,6-18H2,1-5H3. The third-order valence-corrected chi connectivity index (χ3v) is 6.50. The van der Waals surface area contributed by atoms with Crippen LogP contribution in [0.5, 0.6) is 0 Å².